The van der Waals surface area contributed by atoms with Crippen LogP contribution in [0.5, 0.6) is 11.5 Å². The molecule has 0 radical (unpaired) electrons. The Hall–Kier alpha value is -3.76. The lowest BCUT2D eigenvalue weighted by atomic mass is 10.3. The highest BCUT2D eigenvalue weighted by Crippen LogP contribution is 2.24. The third-order valence-corrected chi connectivity index (χ3v) is 3.81. The van der Waals surface area contributed by atoms with Crippen LogP contribution in [-0.2, 0) is 6.54 Å². The van der Waals surface area contributed by atoms with E-state index < -0.39 is 17.8 Å². The fraction of sp³-hybridized carbons (Fsp3) is 0.158. The van der Waals surface area contributed by atoms with Gasteiger partial charge in [-0.3, -0.25) is 5.41 Å². The summed E-state index contributed by atoms with van der Waals surface area (Å²) >= 11 is 0. The van der Waals surface area contributed by atoms with Gasteiger partial charge in [-0.1, -0.05) is 5.21 Å². The lowest BCUT2D eigenvalue weighted by molar-refractivity contribution is -0.0584. The van der Waals surface area contributed by atoms with Crippen LogP contribution >= 0.6 is 0 Å². The highest BCUT2D eigenvalue weighted by Gasteiger charge is 2.32. The Balaban J connectivity index is 1.61. The Morgan fingerprint density at radius 3 is 2.63 bits per heavy atom. The molecule has 156 valence electrons. The standard InChI is InChI=1S/C19H16F4N6O/c1-12(9-17(24)19(21,22)23)26-10-13-11-29(28-27-13)14-4-6-15(7-5-14)30-16-3-2-8-25-18(16)20/h2-9,11,24,26H,10H2,1H3/b12-9+,24-17?. The minimum Gasteiger partial charge on any atom is -0.453 e. The molecule has 3 rings (SSSR count). The average molecular weight is 420 g/mol. The van der Waals surface area contributed by atoms with E-state index >= 15 is 0 Å². The molecule has 2 N–H and O–H groups in total. The Bertz CT molecular complexity index is 1060. The molecular weight excluding hydrogens is 404 g/mol. The van der Waals surface area contributed by atoms with Crippen molar-refractivity contribution in [1.29, 1.82) is 5.41 Å². The van der Waals surface area contributed by atoms with Gasteiger partial charge in [0.1, 0.15) is 17.2 Å². The van der Waals surface area contributed by atoms with Gasteiger partial charge in [0, 0.05) is 11.9 Å². The molecule has 0 atom stereocenters. The van der Waals surface area contributed by atoms with E-state index in [0.717, 1.165) is 0 Å². The van der Waals surface area contributed by atoms with Gasteiger partial charge in [0.05, 0.1) is 18.4 Å². The smallest absolute Gasteiger partial charge is 0.432 e. The van der Waals surface area contributed by atoms with Crippen molar-refractivity contribution in [2.45, 2.75) is 19.6 Å². The maximum Gasteiger partial charge on any atom is 0.432 e. The Morgan fingerprint density at radius 1 is 1.23 bits per heavy atom. The van der Waals surface area contributed by atoms with E-state index in [0.29, 0.717) is 23.2 Å². The molecule has 11 heteroatoms. The van der Waals surface area contributed by atoms with Crippen molar-refractivity contribution >= 4 is 5.71 Å². The summed E-state index contributed by atoms with van der Waals surface area (Å²) in [5.41, 5.74) is -0.126. The number of nitrogens with one attached hydrogen (secondary N) is 2. The van der Waals surface area contributed by atoms with Crippen LogP contribution in [0, 0.1) is 11.4 Å². The summed E-state index contributed by atoms with van der Waals surface area (Å²) in [5, 5.41) is 17.6. The van der Waals surface area contributed by atoms with Crippen molar-refractivity contribution in [2.24, 2.45) is 0 Å². The third kappa shape index (κ3) is 5.40. The monoisotopic (exact) mass is 420 g/mol. The van der Waals surface area contributed by atoms with Gasteiger partial charge in [0.25, 0.3) is 5.95 Å². The normalized spacial score (nSPS) is 12.0. The minimum absolute atomic E-state index is 0.00129. The molecule has 0 aliphatic carbocycles. The van der Waals surface area contributed by atoms with Gasteiger partial charge in [-0.25, -0.2) is 9.67 Å². The highest BCUT2D eigenvalue weighted by molar-refractivity contribution is 5.97. The molecule has 0 amide bonds. The van der Waals surface area contributed by atoms with Gasteiger partial charge in [-0.15, -0.1) is 5.10 Å². The predicted molar refractivity (Wildman–Crippen MR) is 100 cm³/mol. The van der Waals surface area contributed by atoms with Gasteiger partial charge >= 0.3 is 6.18 Å². The number of hydrogen-bond acceptors (Lipinski definition) is 6. The summed E-state index contributed by atoms with van der Waals surface area (Å²) in [7, 11) is 0. The first-order chi connectivity index (χ1) is 14.2. The molecule has 7 nitrogen and oxygen atoms in total. The Morgan fingerprint density at radius 2 is 1.97 bits per heavy atom. The second-order valence-corrected chi connectivity index (χ2v) is 6.14. The lowest BCUT2D eigenvalue weighted by Crippen LogP contribution is -2.22. The largest absolute Gasteiger partial charge is 0.453 e. The minimum atomic E-state index is -4.69. The second kappa shape index (κ2) is 8.72. The van der Waals surface area contributed by atoms with Crippen LogP contribution in [0.25, 0.3) is 5.69 Å². The van der Waals surface area contributed by atoms with Gasteiger partial charge < -0.3 is 10.1 Å². The molecule has 0 aliphatic rings. The van der Waals surface area contributed by atoms with Crippen LogP contribution in [0.3, 0.4) is 0 Å². The summed E-state index contributed by atoms with van der Waals surface area (Å²) in [6.07, 6.45) is -1.06. The van der Waals surface area contributed by atoms with Crippen molar-refractivity contribution in [3.63, 3.8) is 0 Å². The maximum atomic E-state index is 13.5. The van der Waals surface area contributed by atoms with Crippen LogP contribution in [0.2, 0.25) is 0 Å². The van der Waals surface area contributed by atoms with Gasteiger partial charge in [0.15, 0.2) is 5.75 Å². The number of benzene rings is 1. The van der Waals surface area contributed by atoms with Crippen LogP contribution in [0.15, 0.2) is 60.6 Å². The predicted octanol–water partition coefficient (Wildman–Crippen LogP) is 4.17. The van der Waals surface area contributed by atoms with Crippen LogP contribution in [0.1, 0.15) is 12.6 Å². The van der Waals surface area contributed by atoms with E-state index in [1.165, 1.54) is 23.9 Å². The van der Waals surface area contributed by atoms with Crippen molar-refractivity contribution < 1.29 is 22.3 Å². The summed E-state index contributed by atoms with van der Waals surface area (Å²) in [4.78, 5) is 3.51. The molecule has 0 bridgehead atoms. The van der Waals surface area contributed by atoms with E-state index in [1.54, 1.807) is 36.5 Å². The number of alkyl halides is 3. The number of halogens is 4. The van der Waals surface area contributed by atoms with Crippen molar-refractivity contribution in [3.8, 4) is 17.2 Å². The maximum absolute atomic E-state index is 13.5. The number of pyridine rings is 1. The van der Waals surface area contributed by atoms with Crippen molar-refractivity contribution in [2.75, 3.05) is 0 Å². The van der Waals surface area contributed by atoms with Crippen molar-refractivity contribution in [1.82, 2.24) is 25.3 Å². The molecular formula is C19H16F4N6O. The van der Waals surface area contributed by atoms with E-state index in [9.17, 15) is 17.6 Å². The van der Waals surface area contributed by atoms with E-state index in [4.69, 9.17) is 10.1 Å². The number of nitrogens with zero attached hydrogens (tertiary/aromatic N) is 4. The molecule has 0 unspecified atom stereocenters. The Kier molecular flexibility index (Phi) is 6.09. The first kappa shape index (κ1) is 21.0. The molecule has 3 aromatic rings. The molecule has 0 spiro atoms. The van der Waals surface area contributed by atoms with Gasteiger partial charge in [-0.2, -0.15) is 17.6 Å². The number of allylic oxidation sites excluding steroid dienone is 2. The van der Waals surface area contributed by atoms with Gasteiger partial charge in [-0.05, 0) is 49.4 Å². The van der Waals surface area contributed by atoms with Crippen molar-refractivity contribution in [3.05, 3.63) is 72.2 Å². The first-order valence-corrected chi connectivity index (χ1v) is 8.60. The zero-order chi connectivity index (χ0) is 21.7. The Labute approximate surface area is 168 Å². The molecule has 0 saturated carbocycles. The van der Waals surface area contributed by atoms with Crippen LogP contribution in [-0.4, -0.2) is 31.9 Å². The van der Waals surface area contributed by atoms with Crippen LogP contribution < -0.4 is 10.1 Å². The third-order valence-electron chi connectivity index (χ3n) is 3.81. The molecule has 30 heavy (non-hydrogen) atoms. The fourth-order valence-corrected chi connectivity index (χ4v) is 2.33. The number of ether oxygens (including phenoxy) is 1. The van der Waals surface area contributed by atoms with E-state index in [1.807, 2.05) is 0 Å². The van der Waals surface area contributed by atoms with Gasteiger partial charge in [0.2, 0.25) is 0 Å². The number of hydrogen-bond donors (Lipinski definition) is 2. The second-order valence-electron chi connectivity index (χ2n) is 6.14. The molecule has 2 heterocycles. The zero-order valence-corrected chi connectivity index (χ0v) is 15.6. The highest BCUT2D eigenvalue weighted by atomic mass is 19.4. The summed E-state index contributed by atoms with van der Waals surface area (Å²) in [6.45, 7) is 1.56. The summed E-state index contributed by atoms with van der Waals surface area (Å²) in [6, 6.07) is 9.63. The zero-order valence-electron chi connectivity index (χ0n) is 15.6. The fourth-order valence-electron chi connectivity index (χ4n) is 2.33. The summed E-state index contributed by atoms with van der Waals surface area (Å²) < 4.78 is 57.6. The SMILES string of the molecule is C/C(=C\C(=N)C(F)(F)F)NCc1cn(-c2ccc(Oc3cccnc3F)cc2)nn1. The number of rotatable bonds is 7. The lowest BCUT2D eigenvalue weighted by Gasteiger charge is -2.07. The topological polar surface area (TPSA) is 88.7 Å². The first-order valence-electron chi connectivity index (χ1n) is 8.60. The van der Waals surface area contributed by atoms with E-state index in [2.05, 4.69) is 20.6 Å². The van der Waals surface area contributed by atoms with Crippen LogP contribution in [0.4, 0.5) is 17.6 Å². The molecule has 1 aromatic carbocycles. The average Bonchev–Trinajstić information content (AvgIpc) is 3.17. The number of aromatic nitrogens is 4. The molecule has 0 fully saturated rings. The molecule has 2 aromatic heterocycles. The van der Waals surface area contributed by atoms with E-state index in [-0.39, 0.29) is 18.0 Å². The molecule has 0 saturated heterocycles. The molecule has 0 aliphatic heterocycles. The summed E-state index contributed by atoms with van der Waals surface area (Å²) in [5.74, 6) is -0.313. The quantitative estimate of drug-likeness (QED) is 0.340.